The second kappa shape index (κ2) is 9.53. The molecule has 0 saturated carbocycles. The monoisotopic (exact) mass is 382 g/mol. The first-order chi connectivity index (χ1) is 12.7. The lowest BCUT2D eigenvalue weighted by molar-refractivity contribution is 0.607. The average Bonchev–Trinajstić information content (AvgIpc) is 3.24. The molecule has 0 radical (unpaired) electrons. The number of hydrogen-bond donors (Lipinski definition) is 0. The average molecular weight is 383 g/mol. The fraction of sp³-hybridized carbons (Fsp3) is 0.417. The van der Waals surface area contributed by atoms with E-state index in [0.29, 0.717) is 0 Å². The van der Waals surface area contributed by atoms with Gasteiger partial charge in [-0.1, -0.05) is 63.3 Å². The molecule has 0 aliphatic rings. The number of benzene rings is 1. The molecule has 0 aliphatic heterocycles. The van der Waals surface area contributed by atoms with Crippen molar-refractivity contribution < 1.29 is 0 Å². The Morgan fingerprint density at radius 1 is 0.731 bits per heavy atom. The van der Waals surface area contributed by atoms with Crippen LogP contribution in [-0.4, -0.2) is 0 Å². The van der Waals surface area contributed by atoms with Gasteiger partial charge < -0.3 is 0 Å². The maximum atomic E-state index is 2.35. The summed E-state index contributed by atoms with van der Waals surface area (Å²) < 4.78 is 0. The van der Waals surface area contributed by atoms with E-state index in [1.54, 1.807) is 0 Å². The summed E-state index contributed by atoms with van der Waals surface area (Å²) in [5.74, 6) is 0. The predicted octanol–water partition coefficient (Wildman–Crippen LogP) is 8.66. The minimum absolute atomic E-state index is 1.21. The van der Waals surface area contributed by atoms with Gasteiger partial charge in [0.05, 0.1) is 4.88 Å². The van der Waals surface area contributed by atoms with Gasteiger partial charge >= 0.3 is 0 Å². The largest absolute Gasteiger partial charge is 0.140 e. The van der Waals surface area contributed by atoms with Crippen LogP contribution in [0.1, 0.15) is 60.8 Å². The number of rotatable bonds is 9. The first-order valence-electron chi connectivity index (χ1n) is 9.94. The molecule has 2 aromatic heterocycles. The highest BCUT2D eigenvalue weighted by molar-refractivity contribution is 7.22. The van der Waals surface area contributed by atoms with Crippen molar-refractivity contribution in [2.45, 2.75) is 65.7 Å². The van der Waals surface area contributed by atoms with Crippen LogP contribution < -0.4 is 0 Å². The van der Waals surface area contributed by atoms with Crippen LogP contribution in [0.2, 0.25) is 0 Å². The molecule has 0 atom stereocenters. The Labute approximate surface area is 166 Å². The Morgan fingerprint density at radius 2 is 1.46 bits per heavy atom. The Hall–Kier alpha value is -1.38. The summed E-state index contributed by atoms with van der Waals surface area (Å²) in [5, 5.41) is 0. The molecule has 0 saturated heterocycles. The maximum Gasteiger partial charge on any atom is 0.0523 e. The SMILES string of the molecule is CCCCCCCCc1ccc(-c2cc(C)sc2-c2ccc(C)s2)cc1. The molecule has 0 amide bonds. The second-order valence-corrected chi connectivity index (χ2v) is 9.77. The van der Waals surface area contributed by atoms with E-state index in [0.717, 1.165) is 0 Å². The summed E-state index contributed by atoms with van der Waals surface area (Å²) in [5.41, 5.74) is 4.22. The summed E-state index contributed by atoms with van der Waals surface area (Å²) in [4.78, 5) is 5.58. The lowest BCUT2D eigenvalue weighted by Crippen LogP contribution is -1.87. The number of thiophene rings is 2. The van der Waals surface area contributed by atoms with Crippen LogP contribution in [0.3, 0.4) is 0 Å². The van der Waals surface area contributed by atoms with Gasteiger partial charge in [0.25, 0.3) is 0 Å². The van der Waals surface area contributed by atoms with E-state index in [2.05, 4.69) is 63.2 Å². The Bertz CT molecular complexity index is 805. The number of aryl methyl sites for hydroxylation is 3. The molecule has 26 heavy (non-hydrogen) atoms. The third-order valence-corrected chi connectivity index (χ3v) is 7.13. The van der Waals surface area contributed by atoms with Gasteiger partial charge in [0.15, 0.2) is 0 Å². The second-order valence-electron chi connectivity index (χ2n) is 7.22. The van der Waals surface area contributed by atoms with E-state index in [1.807, 2.05) is 22.7 Å². The molecule has 0 aliphatic carbocycles. The third-order valence-electron chi connectivity index (χ3n) is 4.90. The van der Waals surface area contributed by atoms with Gasteiger partial charge in [0.1, 0.15) is 0 Å². The molecule has 3 aromatic rings. The molecule has 0 spiro atoms. The van der Waals surface area contributed by atoms with Crippen molar-refractivity contribution >= 4 is 22.7 Å². The van der Waals surface area contributed by atoms with Crippen LogP contribution in [0.5, 0.6) is 0 Å². The molecule has 0 N–H and O–H groups in total. The summed E-state index contributed by atoms with van der Waals surface area (Å²) >= 11 is 3.81. The highest BCUT2D eigenvalue weighted by atomic mass is 32.1. The molecule has 0 fully saturated rings. The summed E-state index contributed by atoms with van der Waals surface area (Å²) in [6.45, 7) is 6.68. The standard InChI is InChI=1S/C24H30S2/c1-4-5-6-7-8-9-10-20-12-14-21(15-13-20)22-17-19(3)26-24(22)23-16-11-18(2)25-23/h11-17H,4-10H2,1-3H3. The Balaban J connectivity index is 1.66. The van der Waals surface area contributed by atoms with Gasteiger partial charge in [0, 0.05) is 20.2 Å². The fourth-order valence-corrected chi connectivity index (χ4v) is 5.45. The summed E-state index contributed by atoms with van der Waals surface area (Å²) in [6, 6.07) is 16.1. The molecular weight excluding hydrogens is 352 g/mol. The van der Waals surface area contributed by atoms with E-state index < -0.39 is 0 Å². The lowest BCUT2D eigenvalue weighted by atomic mass is 10.0. The van der Waals surface area contributed by atoms with Gasteiger partial charge in [-0.2, -0.15) is 0 Å². The van der Waals surface area contributed by atoms with Crippen molar-refractivity contribution in [2.75, 3.05) is 0 Å². The van der Waals surface area contributed by atoms with Crippen molar-refractivity contribution in [2.24, 2.45) is 0 Å². The van der Waals surface area contributed by atoms with Crippen molar-refractivity contribution in [3.63, 3.8) is 0 Å². The van der Waals surface area contributed by atoms with E-state index in [4.69, 9.17) is 0 Å². The molecular formula is C24H30S2. The molecule has 1 aromatic carbocycles. The van der Waals surface area contributed by atoms with Gasteiger partial charge in [-0.3, -0.25) is 0 Å². The van der Waals surface area contributed by atoms with Crippen LogP contribution in [0.4, 0.5) is 0 Å². The van der Waals surface area contributed by atoms with E-state index >= 15 is 0 Å². The van der Waals surface area contributed by atoms with Crippen LogP contribution >= 0.6 is 22.7 Å². The van der Waals surface area contributed by atoms with Gasteiger partial charge in [-0.05, 0) is 56.0 Å². The van der Waals surface area contributed by atoms with Crippen LogP contribution in [0, 0.1) is 13.8 Å². The molecule has 0 nitrogen and oxygen atoms in total. The van der Waals surface area contributed by atoms with E-state index in [9.17, 15) is 0 Å². The zero-order valence-electron chi connectivity index (χ0n) is 16.3. The molecule has 2 heterocycles. The normalized spacial score (nSPS) is 11.2. The van der Waals surface area contributed by atoms with Crippen molar-refractivity contribution in [3.8, 4) is 20.9 Å². The smallest absolute Gasteiger partial charge is 0.0523 e. The molecule has 3 rings (SSSR count). The van der Waals surface area contributed by atoms with E-state index in [-0.39, 0.29) is 0 Å². The first kappa shape index (κ1) is 19.4. The quantitative estimate of drug-likeness (QED) is 0.325. The number of unbranched alkanes of at least 4 members (excludes halogenated alkanes) is 5. The van der Waals surface area contributed by atoms with E-state index in [1.165, 1.54) is 81.1 Å². The fourth-order valence-electron chi connectivity index (χ4n) is 3.43. The lowest BCUT2D eigenvalue weighted by Gasteiger charge is -2.06. The Kier molecular flexibility index (Phi) is 7.10. The molecule has 0 unspecified atom stereocenters. The zero-order valence-corrected chi connectivity index (χ0v) is 17.9. The van der Waals surface area contributed by atoms with Crippen LogP contribution in [0.15, 0.2) is 42.5 Å². The van der Waals surface area contributed by atoms with Crippen LogP contribution in [-0.2, 0) is 6.42 Å². The number of hydrogen-bond acceptors (Lipinski definition) is 2. The van der Waals surface area contributed by atoms with Crippen molar-refractivity contribution in [3.05, 3.63) is 57.8 Å². The van der Waals surface area contributed by atoms with Crippen LogP contribution in [0.25, 0.3) is 20.9 Å². The first-order valence-corrected chi connectivity index (χ1v) is 11.6. The van der Waals surface area contributed by atoms with Crippen molar-refractivity contribution in [1.29, 1.82) is 0 Å². The highest BCUT2D eigenvalue weighted by Gasteiger charge is 2.13. The molecule has 0 bridgehead atoms. The van der Waals surface area contributed by atoms with Gasteiger partial charge in [-0.25, -0.2) is 0 Å². The maximum absolute atomic E-state index is 2.35. The third kappa shape index (κ3) is 5.08. The minimum atomic E-state index is 1.21. The van der Waals surface area contributed by atoms with Crippen molar-refractivity contribution in [1.82, 2.24) is 0 Å². The van der Waals surface area contributed by atoms with Gasteiger partial charge in [0.2, 0.25) is 0 Å². The molecule has 138 valence electrons. The summed E-state index contributed by atoms with van der Waals surface area (Å²) in [7, 11) is 0. The zero-order chi connectivity index (χ0) is 18.4. The van der Waals surface area contributed by atoms with Gasteiger partial charge in [-0.15, -0.1) is 22.7 Å². The predicted molar refractivity (Wildman–Crippen MR) is 120 cm³/mol. The summed E-state index contributed by atoms with van der Waals surface area (Å²) in [6.07, 6.45) is 9.42. The Morgan fingerprint density at radius 3 is 2.15 bits per heavy atom. The molecule has 2 heteroatoms. The minimum Gasteiger partial charge on any atom is -0.140 e. The highest BCUT2D eigenvalue weighted by Crippen LogP contribution is 2.41. The topological polar surface area (TPSA) is 0 Å².